The van der Waals surface area contributed by atoms with Gasteiger partial charge in [0, 0.05) is 5.56 Å². The van der Waals surface area contributed by atoms with Crippen LogP contribution < -0.4 is 5.32 Å². The third kappa shape index (κ3) is 3.17. The van der Waals surface area contributed by atoms with Gasteiger partial charge in [-0.15, -0.1) is 0 Å². The van der Waals surface area contributed by atoms with Crippen molar-refractivity contribution in [1.82, 2.24) is 5.32 Å². The SMILES string of the molecule is CCC[C@H](C#N)NC(=O)c1cc(F)c(O)c(F)c1. The topological polar surface area (TPSA) is 73.1 Å². The lowest BCUT2D eigenvalue weighted by Crippen LogP contribution is -2.33. The number of hydrogen-bond acceptors (Lipinski definition) is 3. The minimum Gasteiger partial charge on any atom is -0.503 e. The molecule has 1 atom stereocenters. The van der Waals surface area contributed by atoms with E-state index in [1.54, 1.807) is 0 Å². The molecule has 0 aliphatic carbocycles. The van der Waals surface area contributed by atoms with Gasteiger partial charge < -0.3 is 10.4 Å². The van der Waals surface area contributed by atoms with Crippen molar-refractivity contribution in [2.75, 3.05) is 0 Å². The van der Waals surface area contributed by atoms with E-state index in [1.807, 2.05) is 13.0 Å². The molecule has 2 N–H and O–H groups in total. The number of rotatable bonds is 4. The molecule has 0 spiro atoms. The molecule has 0 heterocycles. The van der Waals surface area contributed by atoms with Crippen LogP contribution in [0.5, 0.6) is 5.75 Å². The number of nitriles is 1. The van der Waals surface area contributed by atoms with E-state index in [9.17, 15) is 13.6 Å². The lowest BCUT2D eigenvalue weighted by Gasteiger charge is -2.10. The van der Waals surface area contributed by atoms with Gasteiger partial charge in [0.05, 0.1) is 6.07 Å². The summed E-state index contributed by atoms with van der Waals surface area (Å²) >= 11 is 0. The number of benzene rings is 1. The van der Waals surface area contributed by atoms with Crippen LogP contribution in [0.15, 0.2) is 12.1 Å². The maximum Gasteiger partial charge on any atom is 0.252 e. The number of phenols is 1. The number of nitrogens with zero attached hydrogens (tertiary/aromatic N) is 1. The zero-order valence-corrected chi connectivity index (χ0v) is 9.70. The Bertz CT molecular complexity index is 474. The van der Waals surface area contributed by atoms with Crippen LogP contribution in [0, 0.1) is 23.0 Å². The minimum atomic E-state index is -1.22. The Balaban J connectivity index is 2.88. The van der Waals surface area contributed by atoms with Gasteiger partial charge in [-0.25, -0.2) is 8.78 Å². The van der Waals surface area contributed by atoms with Crippen LogP contribution in [0.3, 0.4) is 0 Å². The first-order chi connectivity index (χ1) is 8.49. The van der Waals surface area contributed by atoms with E-state index < -0.39 is 29.3 Å². The molecule has 0 saturated heterocycles. The van der Waals surface area contributed by atoms with Gasteiger partial charge in [0.2, 0.25) is 0 Å². The highest BCUT2D eigenvalue weighted by atomic mass is 19.1. The van der Waals surface area contributed by atoms with E-state index in [-0.39, 0.29) is 5.56 Å². The second-order valence-electron chi connectivity index (χ2n) is 3.73. The molecular weight excluding hydrogens is 242 g/mol. The fraction of sp³-hybridized carbons (Fsp3) is 0.333. The Morgan fingerprint density at radius 3 is 2.50 bits per heavy atom. The summed E-state index contributed by atoms with van der Waals surface area (Å²) in [6.07, 6.45) is 1.14. The summed E-state index contributed by atoms with van der Waals surface area (Å²) in [6.45, 7) is 1.84. The van der Waals surface area contributed by atoms with Gasteiger partial charge in [-0.3, -0.25) is 4.79 Å². The van der Waals surface area contributed by atoms with Crippen LogP contribution in [0.4, 0.5) is 8.78 Å². The van der Waals surface area contributed by atoms with E-state index in [1.165, 1.54) is 0 Å². The molecule has 0 fully saturated rings. The minimum absolute atomic E-state index is 0.279. The summed E-state index contributed by atoms with van der Waals surface area (Å²) in [4.78, 5) is 11.6. The second-order valence-corrected chi connectivity index (χ2v) is 3.73. The summed E-state index contributed by atoms with van der Waals surface area (Å²) in [5.41, 5.74) is -0.279. The standard InChI is InChI=1S/C12H12F2N2O2/c1-2-3-8(6-15)16-12(18)7-4-9(13)11(17)10(14)5-7/h4-5,8,17H,2-3H2,1H3,(H,16,18)/t8-/m1/s1. The first-order valence-electron chi connectivity index (χ1n) is 5.38. The van der Waals surface area contributed by atoms with Crippen LogP contribution in [-0.4, -0.2) is 17.1 Å². The van der Waals surface area contributed by atoms with E-state index >= 15 is 0 Å². The van der Waals surface area contributed by atoms with Gasteiger partial charge in [-0.2, -0.15) is 5.26 Å². The summed E-state index contributed by atoms with van der Waals surface area (Å²) < 4.78 is 26.1. The molecule has 6 heteroatoms. The maximum atomic E-state index is 13.0. The Hall–Kier alpha value is -2.16. The number of aromatic hydroxyl groups is 1. The van der Waals surface area contributed by atoms with Gasteiger partial charge in [0.1, 0.15) is 6.04 Å². The van der Waals surface area contributed by atoms with Crippen LogP contribution in [0.25, 0.3) is 0 Å². The largest absolute Gasteiger partial charge is 0.503 e. The van der Waals surface area contributed by atoms with E-state index in [0.29, 0.717) is 25.0 Å². The van der Waals surface area contributed by atoms with Gasteiger partial charge in [0.25, 0.3) is 5.91 Å². The maximum absolute atomic E-state index is 13.0. The quantitative estimate of drug-likeness (QED) is 0.864. The van der Waals surface area contributed by atoms with Crippen molar-refractivity contribution >= 4 is 5.91 Å². The van der Waals surface area contributed by atoms with Crippen molar-refractivity contribution in [3.05, 3.63) is 29.3 Å². The smallest absolute Gasteiger partial charge is 0.252 e. The number of phenolic OH excluding ortho intramolecular Hbond substituents is 1. The number of carbonyl (C=O) groups is 1. The first-order valence-corrected chi connectivity index (χ1v) is 5.38. The van der Waals surface area contributed by atoms with Gasteiger partial charge in [-0.1, -0.05) is 13.3 Å². The Morgan fingerprint density at radius 1 is 1.50 bits per heavy atom. The van der Waals surface area contributed by atoms with E-state index in [2.05, 4.69) is 5.32 Å². The van der Waals surface area contributed by atoms with Gasteiger partial charge >= 0.3 is 0 Å². The Kier molecular flexibility index (Phi) is 4.60. The van der Waals surface area contributed by atoms with Crippen LogP contribution >= 0.6 is 0 Å². The van der Waals surface area contributed by atoms with E-state index in [0.717, 1.165) is 0 Å². The molecule has 0 radical (unpaired) electrons. The number of amides is 1. The fourth-order valence-corrected chi connectivity index (χ4v) is 1.40. The van der Waals surface area contributed by atoms with Crippen molar-refractivity contribution in [1.29, 1.82) is 5.26 Å². The highest BCUT2D eigenvalue weighted by Gasteiger charge is 2.17. The molecule has 0 saturated carbocycles. The molecule has 96 valence electrons. The normalized spacial score (nSPS) is 11.7. The summed E-state index contributed by atoms with van der Waals surface area (Å²) in [5.74, 6) is -4.32. The molecule has 0 aliphatic rings. The van der Waals surface area contributed by atoms with Gasteiger partial charge in [-0.05, 0) is 18.6 Å². The second kappa shape index (κ2) is 5.96. The van der Waals surface area contributed by atoms with Gasteiger partial charge in [0.15, 0.2) is 17.4 Å². The number of halogens is 2. The highest BCUT2D eigenvalue weighted by Crippen LogP contribution is 2.21. The van der Waals surface area contributed by atoms with Crippen LogP contribution in [0.2, 0.25) is 0 Å². The summed E-state index contributed by atoms with van der Waals surface area (Å²) in [6, 6.07) is 2.60. The predicted octanol–water partition coefficient (Wildman–Crippen LogP) is 2.09. The predicted molar refractivity (Wildman–Crippen MR) is 59.8 cm³/mol. The number of hydrogen-bond donors (Lipinski definition) is 2. The number of carbonyl (C=O) groups excluding carboxylic acids is 1. The average molecular weight is 254 g/mol. The highest BCUT2D eigenvalue weighted by molar-refractivity contribution is 5.94. The lowest BCUT2D eigenvalue weighted by molar-refractivity contribution is 0.0943. The summed E-state index contributed by atoms with van der Waals surface area (Å²) in [5, 5.41) is 20.0. The molecule has 0 aromatic heterocycles. The van der Waals surface area contributed by atoms with Crippen molar-refractivity contribution in [3.8, 4) is 11.8 Å². The molecule has 4 nitrogen and oxygen atoms in total. The fourth-order valence-electron chi connectivity index (χ4n) is 1.40. The third-order valence-electron chi connectivity index (χ3n) is 2.32. The molecule has 1 aromatic carbocycles. The van der Waals surface area contributed by atoms with Crippen molar-refractivity contribution < 1.29 is 18.7 Å². The average Bonchev–Trinajstić information content (AvgIpc) is 2.34. The Labute approximate surface area is 103 Å². The monoisotopic (exact) mass is 254 g/mol. The molecule has 0 unspecified atom stereocenters. The van der Waals surface area contributed by atoms with Crippen molar-refractivity contribution in [3.63, 3.8) is 0 Å². The molecule has 1 aromatic rings. The van der Waals surface area contributed by atoms with Crippen LogP contribution in [-0.2, 0) is 0 Å². The zero-order chi connectivity index (χ0) is 13.7. The van der Waals surface area contributed by atoms with Crippen molar-refractivity contribution in [2.45, 2.75) is 25.8 Å². The molecular formula is C12H12F2N2O2. The van der Waals surface area contributed by atoms with Crippen LogP contribution in [0.1, 0.15) is 30.1 Å². The first kappa shape index (κ1) is 13.9. The molecule has 1 rings (SSSR count). The number of nitrogens with one attached hydrogen (secondary N) is 1. The Morgan fingerprint density at radius 2 is 2.06 bits per heavy atom. The van der Waals surface area contributed by atoms with Crippen molar-refractivity contribution in [2.24, 2.45) is 0 Å². The summed E-state index contributed by atoms with van der Waals surface area (Å²) in [7, 11) is 0. The molecule has 18 heavy (non-hydrogen) atoms. The lowest BCUT2D eigenvalue weighted by atomic mass is 10.1. The molecule has 0 aliphatic heterocycles. The third-order valence-corrected chi connectivity index (χ3v) is 2.32. The zero-order valence-electron chi connectivity index (χ0n) is 9.70. The molecule has 0 bridgehead atoms. The molecule has 1 amide bonds. The van der Waals surface area contributed by atoms with E-state index in [4.69, 9.17) is 10.4 Å².